The minimum atomic E-state index is 0.713. The number of hydrogen-bond acceptors (Lipinski definition) is 3. The molecule has 120 valence electrons. The summed E-state index contributed by atoms with van der Waals surface area (Å²) in [6, 6.07) is 0.713. The SMILES string of the molecule is CCCCCCCN1CCCN(C(CC)CCN)CC1. The summed E-state index contributed by atoms with van der Waals surface area (Å²) >= 11 is 0. The fourth-order valence-electron chi connectivity index (χ4n) is 3.36. The van der Waals surface area contributed by atoms with Crippen LogP contribution in [0.1, 0.15) is 65.2 Å². The van der Waals surface area contributed by atoms with Crippen molar-refractivity contribution in [3.05, 3.63) is 0 Å². The first-order valence-corrected chi connectivity index (χ1v) is 8.98. The van der Waals surface area contributed by atoms with Gasteiger partial charge in [0.1, 0.15) is 0 Å². The molecule has 1 saturated heterocycles. The van der Waals surface area contributed by atoms with Crippen molar-refractivity contribution in [3.8, 4) is 0 Å². The molecule has 1 unspecified atom stereocenters. The van der Waals surface area contributed by atoms with Crippen molar-refractivity contribution in [2.45, 2.75) is 71.3 Å². The van der Waals surface area contributed by atoms with Crippen molar-refractivity contribution in [1.82, 2.24) is 9.80 Å². The van der Waals surface area contributed by atoms with Gasteiger partial charge in [0.25, 0.3) is 0 Å². The van der Waals surface area contributed by atoms with E-state index in [4.69, 9.17) is 5.73 Å². The van der Waals surface area contributed by atoms with E-state index >= 15 is 0 Å². The molecule has 0 spiro atoms. The molecule has 0 aromatic heterocycles. The molecule has 2 N–H and O–H groups in total. The van der Waals surface area contributed by atoms with Gasteiger partial charge in [0.2, 0.25) is 0 Å². The fourth-order valence-corrected chi connectivity index (χ4v) is 3.36. The molecule has 3 heteroatoms. The zero-order valence-corrected chi connectivity index (χ0v) is 13.9. The van der Waals surface area contributed by atoms with E-state index in [1.807, 2.05) is 0 Å². The minimum absolute atomic E-state index is 0.713. The summed E-state index contributed by atoms with van der Waals surface area (Å²) in [5.74, 6) is 0. The highest BCUT2D eigenvalue weighted by molar-refractivity contribution is 4.76. The summed E-state index contributed by atoms with van der Waals surface area (Å²) in [6.45, 7) is 11.8. The number of nitrogens with two attached hydrogens (primary N) is 1. The summed E-state index contributed by atoms with van der Waals surface area (Å²) in [6.07, 6.45) is 10.7. The molecule has 1 atom stereocenters. The molecule has 0 amide bonds. The third-order valence-corrected chi connectivity index (χ3v) is 4.69. The van der Waals surface area contributed by atoms with E-state index in [1.54, 1.807) is 0 Å². The molecule has 1 rings (SSSR count). The topological polar surface area (TPSA) is 32.5 Å². The van der Waals surface area contributed by atoms with Crippen LogP contribution in [0.4, 0.5) is 0 Å². The summed E-state index contributed by atoms with van der Waals surface area (Å²) in [4.78, 5) is 5.37. The summed E-state index contributed by atoms with van der Waals surface area (Å²) in [5.41, 5.74) is 5.75. The molecule has 1 fully saturated rings. The predicted molar refractivity (Wildman–Crippen MR) is 89.1 cm³/mol. The second kappa shape index (κ2) is 11.5. The third kappa shape index (κ3) is 7.05. The molecule has 0 aromatic rings. The van der Waals surface area contributed by atoms with Gasteiger partial charge in [-0.05, 0) is 51.9 Å². The lowest BCUT2D eigenvalue weighted by molar-refractivity contribution is 0.185. The number of nitrogens with zero attached hydrogens (tertiary/aromatic N) is 2. The first-order chi connectivity index (χ1) is 9.81. The maximum absolute atomic E-state index is 5.75. The van der Waals surface area contributed by atoms with Crippen LogP contribution in [-0.4, -0.2) is 55.1 Å². The van der Waals surface area contributed by atoms with Crippen LogP contribution < -0.4 is 5.73 Å². The van der Waals surface area contributed by atoms with E-state index in [1.165, 1.54) is 77.7 Å². The van der Waals surface area contributed by atoms with E-state index < -0.39 is 0 Å². The molecule has 0 aliphatic carbocycles. The van der Waals surface area contributed by atoms with Gasteiger partial charge in [0.05, 0.1) is 0 Å². The smallest absolute Gasteiger partial charge is 0.0112 e. The van der Waals surface area contributed by atoms with Gasteiger partial charge < -0.3 is 10.6 Å². The predicted octanol–water partition coefficient (Wildman–Crippen LogP) is 3.09. The standard InChI is InChI=1S/C17H37N3/c1-3-5-6-7-8-12-19-13-9-14-20(16-15-19)17(4-2)10-11-18/h17H,3-16,18H2,1-2H3. The van der Waals surface area contributed by atoms with E-state index in [-0.39, 0.29) is 0 Å². The van der Waals surface area contributed by atoms with Crippen molar-refractivity contribution in [3.63, 3.8) is 0 Å². The molecule has 0 saturated carbocycles. The molecule has 20 heavy (non-hydrogen) atoms. The van der Waals surface area contributed by atoms with Gasteiger partial charge in [-0.2, -0.15) is 0 Å². The third-order valence-electron chi connectivity index (χ3n) is 4.69. The molecule has 1 aliphatic rings. The number of unbranched alkanes of at least 4 members (excludes halogenated alkanes) is 4. The molecule has 0 aromatic carbocycles. The van der Waals surface area contributed by atoms with E-state index in [2.05, 4.69) is 23.6 Å². The number of hydrogen-bond donors (Lipinski definition) is 1. The normalized spacial score (nSPS) is 19.9. The van der Waals surface area contributed by atoms with Gasteiger partial charge in [0.15, 0.2) is 0 Å². The van der Waals surface area contributed by atoms with E-state index in [9.17, 15) is 0 Å². The van der Waals surface area contributed by atoms with E-state index in [0.717, 1.165) is 13.0 Å². The van der Waals surface area contributed by atoms with Gasteiger partial charge in [-0.15, -0.1) is 0 Å². The van der Waals surface area contributed by atoms with Crippen LogP contribution in [0.5, 0.6) is 0 Å². The minimum Gasteiger partial charge on any atom is -0.330 e. The van der Waals surface area contributed by atoms with Crippen molar-refractivity contribution in [1.29, 1.82) is 0 Å². The van der Waals surface area contributed by atoms with Crippen LogP contribution in [0.25, 0.3) is 0 Å². The van der Waals surface area contributed by atoms with Crippen LogP contribution in [0.2, 0.25) is 0 Å². The van der Waals surface area contributed by atoms with Crippen LogP contribution in [0, 0.1) is 0 Å². The monoisotopic (exact) mass is 283 g/mol. The summed E-state index contributed by atoms with van der Waals surface area (Å²) in [7, 11) is 0. The molecule has 0 radical (unpaired) electrons. The molecule has 0 bridgehead atoms. The Morgan fingerprint density at radius 2 is 1.75 bits per heavy atom. The fraction of sp³-hybridized carbons (Fsp3) is 1.00. The largest absolute Gasteiger partial charge is 0.330 e. The number of rotatable bonds is 10. The lowest BCUT2D eigenvalue weighted by Crippen LogP contribution is -2.39. The average molecular weight is 284 g/mol. The van der Waals surface area contributed by atoms with Crippen LogP contribution >= 0.6 is 0 Å². The Balaban J connectivity index is 2.21. The lowest BCUT2D eigenvalue weighted by Gasteiger charge is -2.29. The first-order valence-electron chi connectivity index (χ1n) is 8.98. The molecule has 3 nitrogen and oxygen atoms in total. The highest BCUT2D eigenvalue weighted by atomic mass is 15.2. The Labute approximate surface area is 126 Å². The van der Waals surface area contributed by atoms with Crippen molar-refractivity contribution in [2.24, 2.45) is 5.73 Å². The summed E-state index contributed by atoms with van der Waals surface area (Å²) in [5, 5.41) is 0. The maximum atomic E-state index is 5.75. The Kier molecular flexibility index (Phi) is 10.3. The highest BCUT2D eigenvalue weighted by Gasteiger charge is 2.19. The second-order valence-corrected chi connectivity index (χ2v) is 6.28. The first kappa shape index (κ1) is 17.9. The molecule has 1 heterocycles. The summed E-state index contributed by atoms with van der Waals surface area (Å²) < 4.78 is 0. The van der Waals surface area contributed by atoms with Gasteiger partial charge in [-0.3, -0.25) is 4.90 Å². The van der Waals surface area contributed by atoms with Crippen LogP contribution in [0.15, 0.2) is 0 Å². The van der Waals surface area contributed by atoms with Gasteiger partial charge >= 0.3 is 0 Å². The molecular weight excluding hydrogens is 246 g/mol. The Morgan fingerprint density at radius 1 is 0.950 bits per heavy atom. The van der Waals surface area contributed by atoms with Crippen molar-refractivity contribution < 1.29 is 0 Å². The van der Waals surface area contributed by atoms with Gasteiger partial charge in [-0.1, -0.05) is 39.5 Å². The van der Waals surface area contributed by atoms with Crippen molar-refractivity contribution >= 4 is 0 Å². The molecular formula is C17H37N3. The average Bonchev–Trinajstić information content (AvgIpc) is 2.70. The van der Waals surface area contributed by atoms with Crippen LogP contribution in [0.3, 0.4) is 0 Å². The highest BCUT2D eigenvalue weighted by Crippen LogP contribution is 2.13. The van der Waals surface area contributed by atoms with E-state index in [0.29, 0.717) is 6.04 Å². The Bertz CT molecular complexity index is 220. The van der Waals surface area contributed by atoms with Gasteiger partial charge in [0, 0.05) is 19.1 Å². The van der Waals surface area contributed by atoms with Crippen LogP contribution in [-0.2, 0) is 0 Å². The zero-order valence-electron chi connectivity index (χ0n) is 13.9. The Morgan fingerprint density at radius 3 is 2.45 bits per heavy atom. The Hall–Kier alpha value is -0.120. The lowest BCUT2D eigenvalue weighted by atomic mass is 10.1. The molecule has 1 aliphatic heterocycles. The van der Waals surface area contributed by atoms with Gasteiger partial charge in [-0.25, -0.2) is 0 Å². The maximum Gasteiger partial charge on any atom is 0.0112 e. The second-order valence-electron chi connectivity index (χ2n) is 6.28. The zero-order chi connectivity index (χ0) is 14.6. The quantitative estimate of drug-likeness (QED) is 0.625. The van der Waals surface area contributed by atoms with Crippen molar-refractivity contribution in [2.75, 3.05) is 39.3 Å².